The minimum atomic E-state index is 0.177. The first kappa shape index (κ1) is 18.6. The van der Waals surface area contributed by atoms with Gasteiger partial charge in [-0.2, -0.15) is 0 Å². The number of aryl methyl sites for hydroxylation is 2. The maximum atomic E-state index is 12.4. The SMILES string of the molecule is Cc1ccc(-c2nncs2)cc1-c1ccc(CC(=O)Cc2snnc2C)cc1. The summed E-state index contributed by atoms with van der Waals surface area (Å²) >= 11 is 2.83. The largest absolute Gasteiger partial charge is 0.299 e. The van der Waals surface area contributed by atoms with E-state index in [0.29, 0.717) is 12.8 Å². The highest BCUT2D eigenvalue weighted by molar-refractivity contribution is 7.12. The van der Waals surface area contributed by atoms with Crippen LogP contribution in [0.15, 0.2) is 48.0 Å². The molecule has 0 aliphatic carbocycles. The van der Waals surface area contributed by atoms with Crippen molar-refractivity contribution in [2.24, 2.45) is 0 Å². The molecule has 28 heavy (non-hydrogen) atoms. The third kappa shape index (κ3) is 4.05. The van der Waals surface area contributed by atoms with Crippen LogP contribution in [0.2, 0.25) is 0 Å². The van der Waals surface area contributed by atoms with Gasteiger partial charge in [0.1, 0.15) is 16.3 Å². The first-order chi connectivity index (χ1) is 13.6. The molecule has 0 saturated heterocycles. The lowest BCUT2D eigenvalue weighted by molar-refractivity contribution is -0.117. The number of nitrogens with zero attached hydrogens (tertiary/aromatic N) is 4. The molecule has 5 nitrogen and oxygen atoms in total. The molecular weight excluding hydrogens is 388 g/mol. The van der Waals surface area contributed by atoms with Gasteiger partial charge >= 0.3 is 0 Å². The molecule has 0 saturated carbocycles. The lowest BCUT2D eigenvalue weighted by Crippen LogP contribution is -2.06. The molecule has 140 valence electrons. The summed E-state index contributed by atoms with van der Waals surface area (Å²) < 4.78 is 3.89. The highest BCUT2D eigenvalue weighted by Gasteiger charge is 2.11. The molecule has 0 spiro atoms. The summed E-state index contributed by atoms with van der Waals surface area (Å²) in [4.78, 5) is 13.3. The Morgan fingerprint density at radius 3 is 2.43 bits per heavy atom. The number of hydrogen-bond acceptors (Lipinski definition) is 7. The van der Waals surface area contributed by atoms with Gasteiger partial charge in [0.15, 0.2) is 0 Å². The fraction of sp³-hybridized carbons (Fsp3) is 0.190. The smallest absolute Gasteiger partial charge is 0.147 e. The van der Waals surface area contributed by atoms with Gasteiger partial charge in [-0.15, -0.1) is 15.3 Å². The molecule has 2 aromatic heterocycles. The van der Waals surface area contributed by atoms with Crippen molar-refractivity contribution in [3.8, 4) is 21.7 Å². The summed E-state index contributed by atoms with van der Waals surface area (Å²) in [5.41, 5.74) is 8.16. The number of benzene rings is 2. The van der Waals surface area contributed by atoms with E-state index >= 15 is 0 Å². The van der Waals surface area contributed by atoms with Gasteiger partial charge in [0.2, 0.25) is 0 Å². The Kier molecular flexibility index (Phi) is 5.36. The molecule has 0 unspecified atom stereocenters. The first-order valence-corrected chi connectivity index (χ1v) is 10.5. The summed E-state index contributed by atoms with van der Waals surface area (Å²) in [5.74, 6) is 0.177. The third-order valence-electron chi connectivity index (χ3n) is 4.61. The zero-order valence-electron chi connectivity index (χ0n) is 15.5. The van der Waals surface area contributed by atoms with E-state index in [-0.39, 0.29) is 5.78 Å². The lowest BCUT2D eigenvalue weighted by Gasteiger charge is -2.09. The van der Waals surface area contributed by atoms with Crippen molar-refractivity contribution < 1.29 is 4.79 Å². The van der Waals surface area contributed by atoms with Crippen molar-refractivity contribution in [2.45, 2.75) is 26.7 Å². The van der Waals surface area contributed by atoms with E-state index in [2.05, 4.69) is 57.0 Å². The molecule has 0 aliphatic rings. The molecule has 0 N–H and O–H groups in total. The quantitative estimate of drug-likeness (QED) is 0.464. The van der Waals surface area contributed by atoms with Crippen molar-refractivity contribution >= 4 is 28.7 Å². The van der Waals surface area contributed by atoms with Crippen molar-refractivity contribution in [1.82, 2.24) is 19.8 Å². The number of hydrogen-bond donors (Lipinski definition) is 0. The first-order valence-electron chi connectivity index (χ1n) is 8.86. The molecule has 0 fully saturated rings. The minimum Gasteiger partial charge on any atom is -0.299 e. The van der Waals surface area contributed by atoms with Crippen LogP contribution in [0, 0.1) is 13.8 Å². The molecule has 0 aliphatic heterocycles. The van der Waals surface area contributed by atoms with Gasteiger partial charge in [-0.05, 0) is 53.7 Å². The van der Waals surface area contributed by atoms with Gasteiger partial charge in [-0.25, -0.2) is 0 Å². The Bertz CT molecular complexity index is 1100. The fourth-order valence-electron chi connectivity index (χ4n) is 3.05. The van der Waals surface area contributed by atoms with E-state index in [4.69, 9.17) is 0 Å². The Hall–Kier alpha value is -2.77. The molecule has 4 rings (SSSR count). The van der Waals surface area contributed by atoms with Crippen LogP contribution in [0.25, 0.3) is 21.7 Å². The van der Waals surface area contributed by atoms with Crippen LogP contribution in [-0.4, -0.2) is 25.6 Å². The number of Topliss-reactive ketones (excluding diaryl/α,β-unsaturated/α-hetero) is 1. The predicted octanol–water partition coefficient (Wildman–Crippen LogP) is 4.69. The van der Waals surface area contributed by atoms with E-state index in [0.717, 1.165) is 37.8 Å². The average molecular weight is 407 g/mol. The van der Waals surface area contributed by atoms with Crippen LogP contribution in [0.1, 0.15) is 21.7 Å². The van der Waals surface area contributed by atoms with Crippen LogP contribution < -0.4 is 0 Å². The van der Waals surface area contributed by atoms with Crippen LogP contribution in [-0.2, 0) is 17.6 Å². The number of ketones is 1. The molecular formula is C21H18N4OS2. The highest BCUT2D eigenvalue weighted by atomic mass is 32.1. The van der Waals surface area contributed by atoms with Crippen molar-refractivity contribution in [3.63, 3.8) is 0 Å². The van der Waals surface area contributed by atoms with Gasteiger partial charge in [-0.1, -0.05) is 52.2 Å². The van der Waals surface area contributed by atoms with Gasteiger partial charge in [-0.3, -0.25) is 4.79 Å². The van der Waals surface area contributed by atoms with Gasteiger partial charge < -0.3 is 0 Å². The number of aromatic nitrogens is 4. The summed E-state index contributed by atoms with van der Waals surface area (Å²) in [6, 6.07) is 14.5. The Morgan fingerprint density at radius 1 is 0.964 bits per heavy atom. The van der Waals surface area contributed by atoms with Gasteiger partial charge in [0.05, 0.1) is 10.6 Å². The second kappa shape index (κ2) is 8.08. The summed E-state index contributed by atoms with van der Waals surface area (Å²) in [6.45, 7) is 3.99. The zero-order valence-corrected chi connectivity index (χ0v) is 17.2. The Balaban J connectivity index is 1.51. The van der Waals surface area contributed by atoms with Crippen molar-refractivity contribution in [1.29, 1.82) is 0 Å². The molecule has 2 aromatic carbocycles. The van der Waals surface area contributed by atoms with Crippen molar-refractivity contribution in [3.05, 3.63) is 69.7 Å². The highest BCUT2D eigenvalue weighted by Crippen LogP contribution is 2.30. The van der Waals surface area contributed by atoms with E-state index in [9.17, 15) is 4.79 Å². The Labute approximate surface area is 171 Å². The van der Waals surface area contributed by atoms with Gasteiger partial charge in [0, 0.05) is 18.4 Å². The maximum absolute atomic E-state index is 12.4. The van der Waals surface area contributed by atoms with Crippen LogP contribution in [0.3, 0.4) is 0 Å². The van der Waals surface area contributed by atoms with E-state index in [1.807, 2.05) is 19.1 Å². The zero-order chi connectivity index (χ0) is 19.5. The monoisotopic (exact) mass is 406 g/mol. The molecule has 0 bridgehead atoms. The fourth-order valence-corrected chi connectivity index (χ4v) is 4.26. The molecule has 2 heterocycles. The normalized spacial score (nSPS) is 10.9. The molecule has 0 amide bonds. The van der Waals surface area contributed by atoms with E-state index < -0.39 is 0 Å². The molecule has 0 radical (unpaired) electrons. The van der Waals surface area contributed by atoms with Crippen LogP contribution >= 0.6 is 22.9 Å². The van der Waals surface area contributed by atoms with Gasteiger partial charge in [0.25, 0.3) is 0 Å². The summed E-state index contributed by atoms with van der Waals surface area (Å²) in [5, 5.41) is 13.0. The number of carbonyl (C=O) groups is 1. The Morgan fingerprint density at radius 2 is 1.75 bits per heavy atom. The summed E-state index contributed by atoms with van der Waals surface area (Å²) in [7, 11) is 0. The topological polar surface area (TPSA) is 68.6 Å². The third-order valence-corrected chi connectivity index (χ3v) is 6.18. The predicted molar refractivity (Wildman–Crippen MR) is 113 cm³/mol. The standard InChI is InChI=1S/C21H18N4OS2/c1-13-3-6-17(21-24-22-12-27-21)10-19(13)16-7-4-15(5-8-16)9-18(26)11-20-14(2)23-25-28-20/h3-8,10,12H,9,11H2,1-2H3. The van der Waals surface area contributed by atoms with Crippen LogP contribution in [0.5, 0.6) is 0 Å². The summed E-state index contributed by atoms with van der Waals surface area (Å²) in [6.07, 6.45) is 0.815. The van der Waals surface area contributed by atoms with Crippen LogP contribution in [0.4, 0.5) is 0 Å². The maximum Gasteiger partial charge on any atom is 0.147 e. The van der Waals surface area contributed by atoms with E-state index in [1.54, 1.807) is 5.51 Å². The van der Waals surface area contributed by atoms with Crippen molar-refractivity contribution in [2.75, 3.05) is 0 Å². The molecule has 7 heteroatoms. The lowest BCUT2D eigenvalue weighted by atomic mass is 9.96. The van der Waals surface area contributed by atoms with E-state index in [1.165, 1.54) is 28.4 Å². The second-order valence-electron chi connectivity index (χ2n) is 6.64. The molecule has 0 atom stereocenters. The number of carbonyl (C=O) groups excluding carboxylic acids is 1. The number of rotatable bonds is 6. The molecule has 4 aromatic rings. The average Bonchev–Trinajstić information content (AvgIpc) is 3.36. The second-order valence-corrected chi connectivity index (χ2v) is 8.32. The minimum absolute atomic E-state index is 0.177.